The van der Waals surface area contributed by atoms with Crippen LogP contribution in [0.1, 0.15) is 27.0 Å². The van der Waals surface area contributed by atoms with Crippen molar-refractivity contribution >= 4 is 23.9 Å². The zero-order chi connectivity index (χ0) is 22.3. The molecule has 0 saturated heterocycles. The van der Waals surface area contributed by atoms with Gasteiger partial charge < -0.3 is 5.73 Å². The quantitative estimate of drug-likeness (QED) is 0.230. The number of hydrogen-bond donors (Lipinski definition) is 1. The molecule has 0 amide bonds. The van der Waals surface area contributed by atoms with E-state index in [0.717, 1.165) is 28.8 Å². The fraction of sp³-hybridized carbons (Fsp3) is 0.0714. The maximum atomic E-state index is 10.1. The number of anilines is 1. The first-order valence-electron chi connectivity index (χ1n) is 10.0. The molecule has 0 aliphatic carbocycles. The molecule has 3 heteroatoms. The van der Waals surface area contributed by atoms with Crippen LogP contribution in [0.2, 0.25) is 0 Å². The predicted octanol–water partition coefficient (Wildman–Crippen LogP) is 6.82. The lowest BCUT2D eigenvalue weighted by molar-refractivity contribution is 0.112. The average Bonchev–Trinajstić information content (AvgIpc) is 2.81. The Morgan fingerprint density at radius 2 is 1.06 bits per heavy atom. The minimum Gasteiger partial charge on any atom is -0.399 e. The highest BCUT2D eigenvalue weighted by Crippen LogP contribution is 2.10. The molecule has 0 atom stereocenters. The molecule has 4 rings (SSSR count). The number of nitrogen functional groups attached to an aromatic ring is 1. The van der Waals surface area contributed by atoms with Crippen LogP contribution in [0.25, 0.3) is 0 Å². The van der Waals surface area contributed by atoms with Gasteiger partial charge in [-0.25, -0.2) is 0 Å². The maximum absolute atomic E-state index is 10.1. The summed E-state index contributed by atoms with van der Waals surface area (Å²) in [4.78, 5) is 14.5. The van der Waals surface area contributed by atoms with Crippen LogP contribution >= 0.6 is 0 Å². The van der Waals surface area contributed by atoms with Gasteiger partial charge >= 0.3 is 0 Å². The van der Waals surface area contributed by atoms with Crippen molar-refractivity contribution in [2.24, 2.45) is 4.99 Å². The summed E-state index contributed by atoms with van der Waals surface area (Å²) in [6.07, 6.45) is 2.73. The lowest BCUT2D eigenvalue weighted by atomic mass is 10.2. The molecule has 0 unspecified atom stereocenters. The van der Waals surface area contributed by atoms with Crippen molar-refractivity contribution in [1.29, 1.82) is 0 Å². The molecule has 156 valence electrons. The normalized spacial score (nSPS) is 9.74. The second-order valence-electron chi connectivity index (χ2n) is 6.94. The molecule has 0 aromatic heterocycles. The van der Waals surface area contributed by atoms with E-state index in [9.17, 15) is 4.79 Å². The molecule has 31 heavy (non-hydrogen) atoms. The van der Waals surface area contributed by atoms with Crippen LogP contribution in [-0.4, -0.2) is 12.5 Å². The summed E-state index contributed by atoms with van der Waals surface area (Å²) in [7, 11) is 0. The molecular formula is C28H28N2O. The van der Waals surface area contributed by atoms with Gasteiger partial charge in [-0.1, -0.05) is 96.1 Å². The SMILES string of the molecule is Cc1ccc(C=Nc2ccccc2)cc1.Cc1ccc(C=O)cc1.Nc1ccccc1. The third-order valence-electron chi connectivity index (χ3n) is 4.21. The molecule has 4 aromatic rings. The molecule has 0 heterocycles. The number of aryl methyl sites for hydroxylation is 2. The van der Waals surface area contributed by atoms with Crippen molar-refractivity contribution in [3.8, 4) is 0 Å². The third kappa shape index (κ3) is 9.86. The summed E-state index contributed by atoms with van der Waals surface area (Å²) in [5.74, 6) is 0. The van der Waals surface area contributed by atoms with Crippen LogP contribution < -0.4 is 5.73 Å². The highest BCUT2D eigenvalue weighted by atomic mass is 16.1. The molecular weight excluding hydrogens is 380 g/mol. The smallest absolute Gasteiger partial charge is 0.150 e. The van der Waals surface area contributed by atoms with E-state index in [1.807, 2.05) is 98.1 Å². The lowest BCUT2D eigenvalue weighted by Crippen LogP contribution is -1.80. The van der Waals surface area contributed by atoms with Gasteiger partial charge in [-0.15, -0.1) is 0 Å². The summed E-state index contributed by atoms with van der Waals surface area (Å²) < 4.78 is 0. The minimum atomic E-state index is 0.737. The van der Waals surface area contributed by atoms with E-state index in [1.165, 1.54) is 11.1 Å². The Labute approximate surface area is 184 Å². The molecule has 0 fully saturated rings. The van der Waals surface area contributed by atoms with Crippen molar-refractivity contribution in [1.82, 2.24) is 0 Å². The Bertz CT molecular complexity index is 1040. The van der Waals surface area contributed by atoms with Crippen molar-refractivity contribution in [3.05, 3.63) is 131 Å². The average molecular weight is 409 g/mol. The Morgan fingerprint density at radius 3 is 1.48 bits per heavy atom. The first kappa shape index (κ1) is 23.3. The third-order valence-corrected chi connectivity index (χ3v) is 4.21. The Balaban J connectivity index is 0.000000181. The highest BCUT2D eigenvalue weighted by molar-refractivity contribution is 5.81. The monoisotopic (exact) mass is 408 g/mol. The van der Waals surface area contributed by atoms with E-state index >= 15 is 0 Å². The van der Waals surface area contributed by atoms with Gasteiger partial charge in [-0.05, 0) is 43.7 Å². The van der Waals surface area contributed by atoms with Gasteiger partial charge in [-0.2, -0.15) is 0 Å². The van der Waals surface area contributed by atoms with E-state index in [1.54, 1.807) is 0 Å². The molecule has 0 radical (unpaired) electrons. The molecule has 0 aliphatic heterocycles. The number of benzene rings is 4. The lowest BCUT2D eigenvalue weighted by Gasteiger charge is -1.94. The molecule has 0 spiro atoms. The maximum Gasteiger partial charge on any atom is 0.150 e. The van der Waals surface area contributed by atoms with Crippen molar-refractivity contribution in [2.45, 2.75) is 13.8 Å². The van der Waals surface area contributed by atoms with Crippen LogP contribution in [0.4, 0.5) is 11.4 Å². The van der Waals surface area contributed by atoms with Gasteiger partial charge in [0.2, 0.25) is 0 Å². The number of aldehydes is 1. The number of aliphatic imine (C=N–C) groups is 1. The van der Waals surface area contributed by atoms with Gasteiger partial charge in [0.25, 0.3) is 0 Å². The van der Waals surface area contributed by atoms with Gasteiger partial charge in [0.1, 0.15) is 6.29 Å². The first-order chi connectivity index (χ1) is 15.1. The van der Waals surface area contributed by atoms with Gasteiger partial charge in [0.15, 0.2) is 0 Å². The van der Waals surface area contributed by atoms with Crippen LogP contribution in [-0.2, 0) is 0 Å². The van der Waals surface area contributed by atoms with Crippen molar-refractivity contribution in [2.75, 3.05) is 5.73 Å². The van der Waals surface area contributed by atoms with Crippen LogP contribution in [0.5, 0.6) is 0 Å². The van der Waals surface area contributed by atoms with Gasteiger partial charge in [0.05, 0.1) is 5.69 Å². The van der Waals surface area contributed by atoms with E-state index in [2.05, 4.69) is 36.2 Å². The molecule has 4 aromatic carbocycles. The molecule has 0 aliphatic rings. The Morgan fingerprint density at radius 1 is 0.613 bits per heavy atom. The molecule has 3 nitrogen and oxygen atoms in total. The van der Waals surface area contributed by atoms with Gasteiger partial charge in [0, 0.05) is 17.5 Å². The molecule has 0 saturated carbocycles. The molecule has 2 N–H and O–H groups in total. The Kier molecular flexibility index (Phi) is 9.98. The van der Waals surface area contributed by atoms with E-state index in [4.69, 9.17) is 5.73 Å². The summed E-state index contributed by atoms with van der Waals surface area (Å²) in [5.41, 5.74) is 11.5. The van der Waals surface area contributed by atoms with E-state index in [-0.39, 0.29) is 0 Å². The van der Waals surface area contributed by atoms with Gasteiger partial charge in [-0.3, -0.25) is 9.79 Å². The number of nitrogens with zero attached hydrogens (tertiary/aromatic N) is 1. The first-order valence-corrected chi connectivity index (χ1v) is 10.0. The summed E-state index contributed by atoms with van der Waals surface area (Å²) in [6.45, 7) is 4.08. The number of hydrogen-bond acceptors (Lipinski definition) is 3. The van der Waals surface area contributed by atoms with E-state index < -0.39 is 0 Å². The van der Waals surface area contributed by atoms with Crippen molar-refractivity contribution < 1.29 is 4.79 Å². The fourth-order valence-electron chi connectivity index (χ4n) is 2.41. The predicted molar refractivity (Wildman–Crippen MR) is 132 cm³/mol. The summed E-state index contributed by atoms with van der Waals surface area (Å²) >= 11 is 0. The minimum absolute atomic E-state index is 0.737. The zero-order valence-electron chi connectivity index (χ0n) is 18.0. The number of carbonyl (C=O) groups is 1. The summed E-state index contributed by atoms with van der Waals surface area (Å²) in [6, 6.07) is 35.2. The largest absolute Gasteiger partial charge is 0.399 e. The second-order valence-corrected chi connectivity index (χ2v) is 6.94. The highest BCUT2D eigenvalue weighted by Gasteiger charge is 1.88. The number of para-hydroxylation sites is 2. The zero-order valence-corrected chi connectivity index (χ0v) is 18.0. The summed E-state index contributed by atoms with van der Waals surface area (Å²) in [5, 5.41) is 0. The van der Waals surface area contributed by atoms with Crippen molar-refractivity contribution in [3.63, 3.8) is 0 Å². The molecule has 0 bridgehead atoms. The standard InChI is InChI=1S/C14H13N.C8H8O.C6H7N/c1-12-7-9-13(10-8-12)11-15-14-5-3-2-4-6-14;1-7-2-4-8(6-9)5-3-7;7-6-4-2-1-3-5-6/h2-11H,1H3;2-6H,1H3;1-5H,7H2. The van der Waals surface area contributed by atoms with Crippen LogP contribution in [0.3, 0.4) is 0 Å². The number of carbonyl (C=O) groups excluding carboxylic acids is 1. The number of rotatable bonds is 3. The van der Waals surface area contributed by atoms with E-state index in [0.29, 0.717) is 0 Å². The topological polar surface area (TPSA) is 55.5 Å². The van der Waals surface area contributed by atoms with Crippen LogP contribution in [0.15, 0.2) is 114 Å². The number of nitrogens with two attached hydrogens (primary N) is 1. The second kappa shape index (κ2) is 13.3. The van der Waals surface area contributed by atoms with Crippen LogP contribution in [0, 0.1) is 13.8 Å². The fourth-order valence-corrected chi connectivity index (χ4v) is 2.41. The Hall–Kier alpha value is -3.98.